The van der Waals surface area contributed by atoms with Crippen LogP contribution in [0.25, 0.3) is 0 Å². The number of carboxylic acid groups (broad SMARTS) is 1. The lowest BCUT2D eigenvalue weighted by molar-refractivity contribution is -0.166. The molecule has 0 spiro atoms. The van der Waals surface area contributed by atoms with Crippen molar-refractivity contribution in [3.8, 4) is 0 Å². The number of aliphatic hydroxyl groups is 2. The van der Waals surface area contributed by atoms with Crippen molar-refractivity contribution < 1.29 is 34.4 Å². The number of piperazine rings is 2. The van der Waals surface area contributed by atoms with Crippen LogP contribution in [0.1, 0.15) is 83.3 Å². The van der Waals surface area contributed by atoms with Crippen LogP contribution in [0.5, 0.6) is 0 Å². The second kappa shape index (κ2) is 18.1. The summed E-state index contributed by atoms with van der Waals surface area (Å²) in [6.45, 7) is 11.8. The summed E-state index contributed by atoms with van der Waals surface area (Å²) in [5.74, 6) is -1.36. The van der Waals surface area contributed by atoms with Crippen LogP contribution >= 0.6 is 0 Å². The molecule has 4 fully saturated rings. The van der Waals surface area contributed by atoms with Crippen LogP contribution in [-0.4, -0.2) is 101 Å². The lowest BCUT2D eigenvalue weighted by Gasteiger charge is -2.39. The number of amides is 2. The lowest BCUT2D eigenvalue weighted by atomic mass is 9.79. The van der Waals surface area contributed by atoms with Crippen LogP contribution in [0.2, 0.25) is 0 Å². The Morgan fingerprint density at radius 2 is 1.02 bits per heavy atom. The maximum atomic E-state index is 13.1. The van der Waals surface area contributed by atoms with Gasteiger partial charge in [-0.15, -0.1) is 0 Å². The molecule has 2 aromatic rings. The molecule has 11 nitrogen and oxygen atoms in total. The highest BCUT2D eigenvalue weighted by Crippen LogP contribution is 2.42. The fourth-order valence-electron chi connectivity index (χ4n) is 7.42. The van der Waals surface area contributed by atoms with E-state index in [2.05, 4.69) is 10.6 Å². The van der Waals surface area contributed by atoms with Gasteiger partial charge >= 0.3 is 12.1 Å². The number of nitrogens with one attached hydrogen (secondary N) is 2. The van der Waals surface area contributed by atoms with Gasteiger partial charge in [0.05, 0.1) is 0 Å². The van der Waals surface area contributed by atoms with E-state index in [0.29, 0.717) is 18.7 Å². The van der Waals surface area contributed by atoms with Gasteiger partial charge in [0.1, 0.15) is 5.60 Å². The Bertz CT molecular complexity index is 1350. The predicted molar refractivity (Wildman–Crippen MR) is 192 cm³/mol. The molecule has 0 radical (unpaired) electrons. The summed E-state index contributed by atoms with van der Waals surface area (Å²) in [6, 6.07) is 18.2. The lowest BCUT2D eigenvalue weighted by Crippen LogP contribution is -2.55. The maximum absolute atomic E-state index is 13.1. The monoisotopic (exact) mass is 694 g/mol. The molecule has 2 saturated heterocycles. The quantitative estimate of drug-likeness (QED) is 0.295. The van der Waals surface area contributed by atoms with Gasteiger partial charge in [-0.3, -0.25) is 4.79 Å². The van der Waals surface area contributed by atoms with Gasteiger partial charge in [-0.25, -0.2) is 9.59 Å². The molecule has 2 amide bonds. The number of hydrogen-bond donors (Lipinski definition) is 5. The minimum atomic E-state index is -1.71. The van der Waals surface area contributed by atoms with Gasteiger partial charge in [0.15, 0.2) is 11.2 Å². The summed E-state index contributed by atoms with van der Waals surface area (Å²) in [5, 5.41) is 37.6. The highest BCUT2D eigenvalue weighted by atomic mass is 16.6. The van der Waals surface area contributed by atoms with E-state index in [9.17, 15) is 29.7 Å². The van der Waals surface area contributed by atoms with Crippen LogP contribution in [0.3, 0.4) is 0 Å². The van der Waals surface area contributed by atoms with E-state index in [1.807, 2.05) is 62.1 Å². The van der Waals surface area contributed by atoms with E-state index in [1.54, 1.807) is 29.2 Å². The summed E-state index contributed by atoms with van der Waals surface area (Å²) < 4.78 is 5.24. The summed E-state index contributed by atoms with van der Waals surface area (Å²) >= 11 is 0. The SMILES string of the molecule is CC(C)(C)OC(=O)N1CCNCC1.O=C(N1CCNCC1)[C@](O)(c1ccccc1)C1CCCC1.O=C(O)[C@](O)(c1ccccc1)C1CCCC1. The molecule has 4 aliphatic rings. The number of hydrogen-bond acceptors (Lipinski definition) is 8. The molecule has 0 aromatic heterocycles. The van der Waals surface area contributed by atoms with E-state index >= 15 is 0 Å². The van der Waals surface area contributed by atoms with E-state index in [0.717, 1.165) is 96.2 Å². The second-order valence-electron chi connectivity index (χ2n) is 14.8. The van der Waals surface area contributed by atoms with Crippen molar-refractivity contribution in [3.05, 3.63) is 71.8 Å². The van der Waals surface area contributed by atoms with Crippen molar-refractivity contribution in [1.82, 2.24) is 20.4 Å². The number of carbonyl (C=O) groups excluding carboxylic acids is 2. The molecule has 6 rings (SSSR count). The molecule has 276 valence electrons. The minimum absolute atomic E-state index is 0.0438. The van der Waals surface area contributed by atoms with E-state index in [-0.39, 0.29) is 29.4 Å². The van der Waals surface area contributed by atoms with E-state index < -0.39 is 17.2 Å². The first-order chi connectivity index (χ1) is 23.9. The number of ether oxygens (including phenoxy) is 1. The Hall–Kier alpha value is -3.51. The third-order valence-electron chi connectivity index (χ3n) is 10.1. The number of rotatable bonds is 6. The molecular weight excluding hydrogens is 636 g/mol. The number of carbonyl (C=O) groups is 3. The molecule has 50 heavy (non-hydrogen) atoms. The summed E-state index contributed by atoms with van der Waals surface area (Å²) in [7, 11) is 0. The van der Waals surface area contributed by atoms with Crippen LogP contribution in [0, 0.1) is 11.8 Å². The number of aliphatic carboxylic acids is 1. The van der Waals surface area contributed by atoms with Gasteiger partial charge in [0.2, 0.25) is 0 Å². The summed E-state index contributed by atoms with van der Waals surface area (Å²) in [6.07, 6.45) is 7.47. The van der Waals surface area contributed by atoms with Crippen LogP contribution < -0.4 is 10.6 Å². The van der Waals surface area contributed by atoms with Crippen LogP contribution in [0.4, 0.5) is 4.79 Å². The summed E-state index contributed by atoms with van der Waals surface area (Å²) in [4.78, 5) is 39.5. The minimum Gasteiger partial charge on any atom is -0.479 e. The average molecular weight is 695 g/mol. The Morgan fingerprint density at radius 3 is 1.42 bits per heavy atom. The predicted octanol–water partition coefficient (Wildman–Crippen LogP) is 4.47. The molecule has 11 heteroatoms. The molecule has 2 atom stereocenters. The van der Waals surface area contributed by atoms with Crippen molar-refractivity contribution in [3.63, 3.8) is 0 Å². The highest BCUT2D eigenvalue weighted by Gasteiger charge is 2.48. The van der Waals surface area contributed by atoms with Crippen molar-refractivity contribution in [2.24, 2.45) is 11.8 Å². The summed E-state index contributed by atoms with van der Waals surface area (Å²) in [5.41, 5.74) is -2.20. The zero-order valence-corrected chi connectivity index (χ0v) is 30.1. The zero-order valence-electron chi connectivity index (χ0n) is 30.1. The Balaban J connectivity index is 0.000000174. The number of carboxylic acids is 1. The molecule has 2 heterocycles. The molecule has 2 aliphatic carbocycles. The Kier molecular flexibility index (Phi) is 14.2. The molecule has 0 bridgehead atoms. The van der Waals surface area contributed by atoms with Gasteiger partial charge in [-0.1, -0.05) is 86.3 Å². The first kappa shape index (κ1) is 39.3. The molecular formula is C39H58N4O7. The van der Waals surface area contributed by atoms with Gasteiger partial charge in [0.25, 0.3) is 5.91 Å². The molecule has 2 aliphatic heterocycles. The smallest absolute Gasteiger partial charge is 0.410 e. The number of nitrogens with zero attached hydrogens (tertiary/aromatic N) is 2. The van der Waals surface area contributed by atoms with Crippen molar-refractivity contribution in [2.45, 2.75) is 88.9 Å². The van der Waals surface area contributed by atoms with E-state index in [1.165, 1.54) is 0 Å². The first-order valence-electron chi connectivity index (χ1n) is 18.3. The van der Waals surface area contributed by atoms with E-state index in [4.69, 9.17) is 4.74 Å². The zero-order chi connectivity index (χ0) is 36.2. The fourth-order valence-corrected chi connectivity index (χ4v) is 7.42. The highest BCUT2D eigenvalue weighted by molar-refractivity contribution is 5.87. The van der Waals surface area contributed by atoms with Crippen molar-refractivity contribution in [2.75, 3.05) is 52.4 Å². The molecule has 5 N–H and O–H groups in total. The maximum Gasteiger partial charge on any atom is 0.410 e. The third-order valence-corrected chi connectivity index (χ3v) is 10.1. The van der Waals surface area contributed by atoms with Gasteiger partial charge < -0.3 is 40.5 Å². The largest absolute Gasteiger partial charge is 0.479 e. The van der Waals surface area contributed by atoms with Crippen LogP contribution in [0.15, 0.2) is 60.7 Å². The fraction of sp³-hybridized carbons (Fsp3) is 0.615. The van der Waals surface area contributed by atoms with Gasteiger partial charge in [-0.2, -0.15) is 0 Å². The molecule has 2 aromatic carbocycles. The van der Waals surface area contributed by atoms with Gasteiger partial charge in [-0.05, 0) is 57.6 Å². The van der Waals surface area contributed by atoms with Crippen molar-refractivity contribution in [1.29, 1.82) is 0 Å². The Morgan fingerprint density at radius 1 is 0.640 bits per heavy atom. The van der Waals surface area contributed by atoms with Gasteiger partial charge in [0, 0.05) is 64.2 Å². The normalized spacial score (nSPS) is 21.1. The number of benzene rings is 2. The molecule has 2 saturated carbocycles. The van der Waals surface area contributed by atoms with Crippen molar-refractivity contribution >= 4 is 18.0 Å². The van der Waals surface area contributed by atoms with Crippen LogP contribution in [-0.2, 0) is 25.5 Å². The Labute approximate surface area is 297 Å². The first-order valence-corrected chi connectivity index (χ1v) is 18.3. The average Bonchev–Trinajstić information content (AvgIpc) is 3.89. The molecule has 0 unspecified atom stereocenters. The second-order valence-corrected chi connectivity index (χ2v) is 14.8. The topological polar surface area (TPSA) is 152 Å². The standard InChI is InChI=1S/C17H24N2O2.C13H16O3.C9H18N2O2/c20-16(19-12-10-18-11-13-19)17(21,15-8-4-5-9-15)14-6-2-1-3-7-14;14-12(15)13(16,11-8-4-5-9-11)10-6-2-1-3-7-10;1-9(2,3)13-8(12)11-6-4-10-5-7-11/h1-3,6-7,15,18,21H,4-5,8-13H2;1-3,6-7,11,16H,4-5,8-9H2,(H,14,15);10H,4-7H2,1-3H3/t17-;13-;/m00./s1. The third kappa shape index (κ3) is 10.1.